The summed E-state index contributed by atoms with van der Waals surface area (Å²) in [5, 5.41) is 9.11. The first kappa shape index (κ1) is 12.5. The van der Waals surface area contributed by atoms with Crippen LogP contribution >= 0.6 is 0 Å². The van der Waals surface area contributed by atoms with Crippen molar-refractivity contribution in [3.8, 4) is 11.3 Å². The Bertz CT molecular complexity index is 756. The third-order valence-electron chi connectivity index (χ3n) is 4.18. The Balaban J connectivity index is 1.67. The topological polar surface area (TPSA) is 42.7 Å². The van der Waals surface area contributed by atoms with Crippen molar-refractivity contribution in [2.45, 2.75) is 18.9 Å². The van der Waals surface area contributed by atoms with Gasteiger partial charge >= 0.3 is 0 Å². The Labute approximate surface area is 123 Å². The maximum Gasteiger partial charge on any atom is 0.0741 e. The van der Waals surface area contributed by atoms with Gasteiger partial charge in [0.2, 0.25) is 0 Å². The van der Waals surface area contributed by atoms with Crippen molar-refractivity contribution in [1.82, 2.24) is 20.1 Å². The van der Waals surface area contributed by atoms with Crippen LogP contribution in [0.15, 0.2) is 48.8 Å². The van der Waals surface area contributed by atoms with Crippen molar-refractivity contribution >= 4 is 10.9 Å². The zero-order chi connectivity index (χ0) is 14.1. The molecule has 2 aromatic heterocycles. The number of hydrogen-bond donors (Lipinski definition) is 1. The van der Waals surface area contributed by atoms with Crippen molar-refractivity contribution in [2.24, 2.45) is 0 Å². The van der Waals surface area contributed by atoms with E-state index in [1.807, 2.05) is 18.3 Å². The second kappa shape index (κ2) is 5.30. The monoisotopic (exact) mass is 278 g/mol. The van der Waals surface area contributed by atoms with E-state index in [2.05, 4.69) is 45.6 Å². The highest BCUT2D eigenvalue weighted by molar-refractivity contribution is 5.81. The molecule has 4 heteroatoms. The van der Waals surface area contributed by atoms with Crippen LogP contribution in [0.1, 0.15) is 18.9 Å². The van der Waals surface area contributed by atoms with Gasteiger partial charge < -0.3 is 5.32 Å². The molecule has 1 aliphatic rings. The second-order valence-electron chi connectivity index (χ2n) is 5.58. The van der Waals surface area contributed by atoms with Crippen LogP contribution in [0, 0.1) is 0 Å². The van der Waals surface area contributed by atoms with Crippen LogP contribution < -0.4 is 5.32 Å². The van der Waals surface area contributed by atoms with Crippen LogP contribution in [0.2, 0.25) is 0 Å². The van der Waals surface area contributed by atoms with Gasteiger partial charge in [0.15, 0.2) is 0 Å². The van der Waals surface area contributed by atoms with Crippen LogP contribution in [0.25, 0.3) is 22.2 Å². The third-order valence-corrected chi connectivity index (χ3v) is 4.18. The third kappa shape index (κ3) is 2.43. The lowest BCUT2D eigenvalue weighted by atomic mass is 10.1. The summed E-state index contributed by atoms with van der Waals surface area (Å²) in [5.41, 5.74) is 3.12. The number of rotatable bonds is 2. The number of aromatic nitrogens is 3. The first-order chi connectivity index (χ1) is 10.4. The van der Waals surface area contributed by atoms with E-state index in [-0.39, 0.29) is 0 Å². The summed E-state index contributed by atoms with van der Waals surface area (Å²) in [4.78, 5) is 4.74. The Kier molecular flexibility index (Phi) is 3.16. The summed E-state index contributed by atoms with van der Waals surface area (Å²) >= 11 is 0. The zero-order valence-electron chi connectivity index (χ0n) is 11.9. The van der Waals surface area contributed by atoms with E-state index in [0.29, 0.717) is 6.04 Å². The SMILES string of the molecule is c1ccc2nc(-c3cnn(C4CCNCC4)c3)ccc2c1. The fourth-order valence-corrected chi connectivity index (χ4v) is 2.97. The van der Waals surface area contributed by atoms with Crippen LogP contribution in [-0.4, -0.2) is 27.9 Å². The molecule has 3 aromatic rings. The Morgan fingerprint density at radius 1 is 1.05 bits per heavy atom. The second-order valence-corrected chi connectivity index (χ2v) is 5.58. The quantitative estimate of drug-likeness (QED) is 0.783. The van der Waals surface area contributed by atoms with E-state index < -0.39 is 0 Å². The molecule has 1 aliphatic heterocycles. The lowest BCUT2D eigenvalue weighted by molar-refractivity contribution is 0.343. The lowest BCUT2D eigenvalue weighted by Gasteiger charge is -2.22. The fourth-order valence-electron chi connectivity index (χ4n) is 2.97. The highest BCUT2D eigenvalue weighted by Crippen LogP contribution is 2.24. The lowest BCUT2D eigenvalue weighted by Crippen LogP contribution is -2.29. The number of benzene rings is 1. The van der Waals surface area contributed by atoms with Crippen molar-refractivity contribution in [2.75, 3.05) is 13.1 Å². The molecule has 0 saturated carbocycles. The summed E-state index contributed by atoms with van der Waals surface area (Å²) in [5.74, 6) is 0. The first-order valence-electron chi connectivity index (χ1n) is 7.51. The van der Waals surface area contributed by atoms with E-state index >= 15 is 0 Å². The van der Waals surface area contributed by atoms with Crippen molar-refractivity contribution in [3.63, 3.8) is 0 Å². The molecule has 3 heterocycles. The molecule has 1 fully saturated rings. The summed E-state index contributed by atoms with van der Waals surface area (Å²) in [6.45, 7) is 2.15. The van der Waals surface area contributed by atoms with Gasteiger partial charge in [-0.3, -0.25) is 4.68 Å². The first-order valence-corrected chi connectivity index (χ1v) is 7.51. The van der Waals surface area contributed by atoms with E-state index in [9.17, 15) is 0 Å². The van der Waals surface area contributed by atoms with Gasteiger partial charge in [0.25, 0.3) is 0 Å². The number of nitrogens with zero attached hydrogens (tertiary/aromatic N) is 3. The molecule has 4 nitrogen and oxygen atoms in total. The van der Waals surface area contributed by atoms with E-state index in [4.69, 9.17) is 4.98 Å². The summed E-state index contributed by atoms with van der Waals surface area (Å²) in [6.07, 6.45) is 6.35. The number of para-hydroxylation sites is 1. The highest BCUT2D eigenvalue weighted by Gasteiger charge is 2.16. The Hall–Kier alpha value is -2.20. The predicted octanol–water partition coefficient (Wildman–Crippen LogP) is 3.02. The van der Waals surface area contributed by atoms with Gasteiger partial charge in [-0.1, -0.05) is 24.3 Å². The molecule has 0 bridgehead atoms. The maximum absolute atomic E-state index is 4.74. The van der Waals surface area contributed by atoms with Gasteiger partial charge in [0.1, 0.15) is 0 Å². The number of pyridine rings is 1. The molecule has 0 atom stereocenters. The number of nitrogens with one attached hydrogen (secondary N) is 1. The van der Waals surface area contributed by atoms with Crippen molar-refractivity contribution in [3.05, 3.63) is 48.8 Å². The summed E-state index contributed by atoms with van der Waals surface area (Å²) in [7, 11) is 0. The summed E-state index contributed by atoms with van der Waals surface area (Å²) < 4.78 is 2.10. The van der Waals surface area contributed by atoms with E-state index in [1.54, 1.807) is 0 Å². The van der Waals surface area contributed by atoms with Crippen LogP contribution in [0.4, 0.5) is 0 Å². The maximum atomic E-state index is 4.74. The molecule has 1 N–H and O–H groups in total. The normalized spacial score (nSPS) is 16.4. The molecule has 0 amide bonds. The summed E-state index contributed by atoms with van der Waals surface area (Å²) in [6, 6.07) is 12.9. The van der Waals surface area contributed by atoms with E-state index in [0.717, 1.165) is 42.7 Å². The largest absolute Gasteiger partial charge is 0.317 e. The smallest absolute Gasteiger partial charge is 0.0741 e. The average molecular weight is 278 g/mol. The number of fused-ring (bicyclic) bond motifs is 1. The molecule has 21 heavy (non-hydrogen) atoms. The molecule has 4 rings (SSSR count). The molecule has 1 saturated heterocycles. The van der Waals surface area contributed by atoms with E-state index in [1.165, 1.54) is 5.39 Å². The van der Waals surface area contributed by atoms with Gasteiger partial charge in [0.05, 0.1) is 23.4 Å². The predicted molar refractivity (Wildman–Crippen MR) is 84.1 cm³/mol. The van der Waals surface area contributed by atoms with Crippen LogP contribution in [0.3, 0.4) is 0 Å². The minimum atomic E-state index is 0.514. The average Bonchev–Trinajstić information content (AvgIpc) is 3.05. The van der Waals surface area contributed by atoms with Crippen LogP contribution in [-0.2, 0) is 0 Å². The van der Waals surface area contributed by atoms with Gasteiger partial charge in [-0.2, -0.15) is 5.10 Å². The van der Waals surface area contributed by atoms with Crippen molar-refractivity contribution in [1.29, 1.82) is 0 Å². The standard InChI is InChI=1S/C17H18N4/c1-2-4-16-13(3-1)5-6-17(20-16)14-11-19-21(12-14)15-7-9-18-10-8-15/h1-6,11-12,15,18H,7-10H2. The zero-order valence-corrected chi connectivity index (χ0v) is 11.9. The van der Waals surface area contributed by atoms with Gasteiger partial charge in [-0.15, -0.1) is 0 Å². The molecule has 106 valence electrons. The molecular weight excluding hydrogens is 260 g/mol. The van der Waals surface area contributed by atoms with Crippen molar-refractivity contribution < 1.29 is 0 Å². The molecule has 0 spiro atoms. The minimum absolute atomic E-state index is 0.514. The van der Waals surface area contributed by atoms with Gasteiger partial charge in [0, 0.05) is 17.1 Å². The van der Waals surface area contributed by atoms with Gasteiger partial charge in [-0.25, -0.2) is 4.98 Å². The Morgan fingerprint density at radius 3 is 2.81 bits per heavy atom. The molecule has 1 aromatic carbocycles. The Morgan fingerprint density at radius 2 is 1.90 bits per heavy atom. The van der Waals surface area contributed by atoms with Gasteiger partial charge in [-0.05, 0) is 38.1 Å². The molecule has 0 unspecified atom stereocenters. The highest BCUT2D eigenvalue weighted by atomic mass is 15.3. The molecule has 0 aliphatic carbocycles. The molecular formula is C17H18N4. The fraction of sp³-hybridized carbons (Fsp3) is 0.294. The minimum Gasteiger partial charge on any atom is -0.317 e. The number of piperidine rings is 1. The number of hydrogen-bond acceptors (Lipinski definition) is 3. The van der Waals surface area contributed by atoms with Crippen LogP contribution in [0.5, 0.6) is 0 Å². The molecule has 0 radical (unpaired) electrons.